The van der Waals surface area contributed by atoms with Crippen molar-refractivity contribution in [1.29, 1.82) is 0 Å². The second-order valence-corrected chi connectivity index (χ2v) is 4.12. The Bertz CT molecular complexity index is 280. The highest BCUT2D eigenvalue weighted by Gasteiger charge is 1.90. The van der Waals surface area contributed by atoms with Gasteiger partial charge in [-0.3, -0.25) is 0 Å². The van der Waals surface area contributed by atoms with E-state index in [1.807, 2.05) is 31.2 Å². The van der Waals surface area contributed by atoms with Gasteiger partial charge in [-0.15, -0.1) is 11.6 Å². The number of benzene rings is 1. The van der Waals surface area contributed by atoms with Gasteiger partial charge in [0.15, 0.2) is 0 Å². The van der Waals surface area contributed by atoms with E-state index in [4.69, 9.17) is 16.3 Å². The third-order valence-electron chi connectivity index (χ3n) is 1.94. The maximum atomic E-state index is 5.76. The van der Waals surface area contributed by atoms with Crippen LogP contribution in [-0.4, -0.2) is 12.0 Å². The lowest BCUT2D eigenvalue weighted by Gasteiger charge is -2.02. The van der Waals surface area contributed by atoms with Crippen molar-refractivity contribution >= 4 is 11.6 Å². The van der Waals surface area contributed by atoms with E-state index in [0.29, 0.717) is 6.61 Å². The standard InChI is InChI=1S/C13H17ClO/c1-12(14)7-5-6-10-15-11-13-8-3-2-4-9-13/h2-5,7-9,12H,6,10-11H2,1H3/b7-5+. The van der Waals surface area contributed by atoms with Crippen LogP contribution in [0.4, 0.5) is 0 Å². The largest absolute Gasteiger partial charge is 0.376 e. The van der Waals surface area contributed by atoms with Crippen molar-refractivity contribution < 1.29 is 4.74 Å². The molecule has 1 nitrogen and oxygen atoms in total. The van der Waals surface area contributed by atoms with E-state index in [2.05, 4.69) is 18.2 Å². The van der Waals surface area contributed by atoms with Crippen molar-refractivity contribution in [3.8, 4) is 0 Å². The molecule has 0 heterocycles. The summed E-state index contributed by atoms with van der Waals surface area (Å²) in [5.41, 5.74) is 1.21. The van der Waals surface area contributed by atoms with Crippen molar-refractivity contribution in [3.63, 3.8) is 0 Å². The summed E-state index contributed by atoms with van der Waals surface area (Å²) in [5, 5.41) is 0.110. The second-order valence-electron chi connectivity index (χ2n) is 3.43. The van der Waals surface area contributed by atoms with E-state index >= 15 is 0 Å². The highest BCUT2D eigenvalue weighted by atomic mass is 35.5. The van der Waals surface area contributed by atoms with E-state index in [9.17, 15) is 0 Å². The number of hydrogen-bond acceptors (Lipinski definition) is 1. The first-order chi connectivity index (χ1) is 7.29. The Morgan fingerprint density at radius 1 is 1.33 bits per heavy atom. The highest BCUT2D eigenvalue weighted by molar-refractivity contribution is 6.21. The van der Waals surface area contributed by atoms with Gasteiger partial charge in [-0.2, -0.15) is 0 Å². The molecule has 1 rings (SSSR count). The highest BCUT2D eigenvalue weighted by Crippen LogP contribution is 2.01. The maximum absolute atomic E-state index is 5.76. The molecule has 0 aromatic heterocycles. The van der Waals surface area contributed by atoms with Crippen molar-refractivity contribution in [1.82, 2.24) is 0 Å². The zero-order chi connectivity index (χ0) is 10.9. The topological polar surface area (TPSA) is 9.23 Å². The fourth-order valence-corrected chi connectivity index (χ4v) is 1.30. The van der Waals surface area contributed by atoms with Crippen LogP contribution in [0.3, 0.4) is 0 Å². The van der Waals surface area contributed by atoms with Crippen LogP contribution in [0.2, 0.25) is 0 Å². The van der Waals surface area contributed by atoms with Crippen molar-refractivity contribution in [2.45, 2.75) is 25.3 Å². The molecule has 1 unspecified atom stereocenters. The summed E-state index contributed by atoms with van der Waals surface area (Å²) in [5.74, 6) is 0. The van der Waals surface area contributed by atoms with Crippen LogP contribution < -0.4 is 0 Å². The summed E-state index contributed by atoms with van der Waals surface area (Å²) < 4.78 is 5.51. The molecule has 1 atom stereocenters. The van der Waals surface area contributed by atoms with Crippen LogP contribution in [0.25, 0.3) is 0 Å². The minimum absolute atomic E-state index is 0.110. The molecular weight excluding hydrogens is 208 g/mol. The van der Waals surface area contributed by atoms with Crippen LogP contribution in [0.15, 0.2) is 42.5 Å². The number of hydrogen-bond donors (Lipinski definition) is 0. The molecule has 0 aliphatic heterocycles. The third kappa shape index (κ3) is 6.32. The van der Waals surface area contributed by atoms with Gasteiger partial charge >= 0.3 is 0 Å². The molecule has 2 heteroatoms. The number of alkyl halides is 1. The maximum Gasteiger partial charge on any atom is 0.0717 e. The van der Waals surface area contributed by atoms with Crippen LogP contribution >= 0.6 is 11.6 Å². The number of rotatable bonds is 6. The molecule has 1 aromatic carbocycles. The van der Waals surface area contributed by atoms with Gasteiger partial charge < -0.3 is 4.74 Å². The Labute approximate surface area is 96.7 Å². The lowest BCUT2D eigenvalue weighted by Crippen LogP contribution is -1.94. The van der Waals surface area contributed by atoms with E-state index in [0.717, 1.165) is 13.0 Å². The Balaban J connectivity index is 2.07. The van der Waals surface area contributed by atoms with Gasteiger partial charge in [0.1, 0.15) is 0 Å². The van der Waals surface area contributed by atoms with Gasteiger partial charge in [-0.1, -0.05) is 42.5 Å². The van der Waals surface area contributed by atoms with Crippen molar-refractivity contribution in [2.75, 3.05) is 6.61 Å². The first-order valence-electron chi connectivity index (χ1n) is 5.21. The summed E-state index contributed by atoms with van der Waals surface area (Å²) in [6.07, 6.45) is 4.96. The molecular formula is C13H17ClO. The average molecular weight is 225 g/mol. The molecule has 0 spiro atoms. The fourth-order valence-electron chi connectivity index (χ4n) is 1.20. The molecule has 82 valence electrons. The van der Waals surface area contributed by atoms with Crippen molar-refractivity contribution in [2.24, 2.45) is 0 Å². The van der Waals surface area contributed by atoms with Crippen LogP contribution in [0.1, 0.15) is 18.9 Å². The van der Waals surface area contributed by atoms with Gasteiger partial charge in [0.05, 0.1) is 13.2 Å². The Hall–Kier alpha value is -0.790. The van der Waals surface area contributed by atoms with Gasteiger partial charge in [0.25, 0.3) is 0 Å². The monoisotopic (exact) mass is 224 g/mol. The summed E-state index contributed by atoms with van der Waals surface area (Å²) >= 11 is 5.76. The van der Waals surface area contributed by atoms with E-state index in [-0.39, 0.29) is 5.38 Å². The fraction of sp³-hybridized carbons (Fsp3) is 0.385. The third-order valence-corrected chi connectivity index (χ3v) is 2.09. The number of ether oxygens (including phenoxy) is 1. The van der Waals surface area contributed by atoms with Crippen LogP contribution in [-0.2, 0) is 11.3 Å². The molecule has 0 N–H and O–H groups in total. The number of halogens is 1. The molecule has 0 saturated carbocycles. The SMILES string of the molecule is CC(Cl)/C=C/CCOCc1ccccc1. The first-order valence-corrected chi connectivity index (χ1v) is 5.65. The molecule has 0 amide bonds. The second kappa shape index (κ2) is 7.49. The average Bonchev–Trinajstić information content (AvgIpc) is 2.24. The quantitative estimate of drug-likeness (QED) is 0.406. The van der Waals surface area contributed by atoms with Crippen molar-refractivity contribution in [3.05, 3.63) is 48.0 Å². The summed E-state index contributed by atoms with van der Waals surface area (Å²) in [7, 11) is 0. The zero-order valence-corrected chi connectivity index (χ0v) is 9.78. The Morgan fingerprint density at radius 2 is 2.07 bits per heavy atom. The molecule has 15 heavy (non-hydrogen) atoms. The molecule has 0 radical (unpaired) electrons. The lowest BCUT2D eigenvalue weighted by atomic mass is 10.2. The Kier molecular flexibility index (Phi) is 6.14. The van der Waals surface area contributed by atoms with Gasteiger partial charge in [0.2, 0.25) is 0 Å². The first kappa shape index (κ1) is 12.3. The molecule has 0 aliphatic rings. The minimum atomic E-state index is 0.110. The van der Waals surface area contributed by atoms with E-state index in [1.54, 1.807) is 0 Å². The molecule has 0 saturated heterocycles. The van der Waals surface area contributed by atoms with Crippen LogP contribution in [0.5, 0.6) is 0 Å². The number of allylic oxidation sites excluding steroid dienone is 1. The van der Waals surface area contributed by atoms with Gasteiger partial charge in [-0.05, 0) is 18.9 Å². The van der Waals surface area contributed by atoms with E-state index in [1.165, 1.54) is 5.56 Å². The van der Waals surface area contributed by atoms with E-state index < -0.39 is 0 Å². The predicted molar refractivity (Wildman–Crippen MR) is 65.2 cm³/mol. The Morgan fingerprint density at radius 3 is 2.73 bits per heavy atom. The molecule has 0 fully saturated rings. The zero-order valence-electron chi connectivity index (χ0n) is 9.03. The minimum Gasteiger partial charge on any atom is -0.376 e. The summed E-state index contributed by atoms with van der Waals surface area (Å²) in [6, 6.07) is 10.2. The van der Waals surface area contributed by atoms with Crippen LogP contribution in [0, 0.1) is 0 Å². The summed E-state index contributed by atoms with van der Waals surface area (Å²) in [4.78, 5) is 0. The van der Waals surface area contributed by atoms with Gasteiger partial charge in [-0.25, -0.2) is 0 Å². The van der Waals surface area contributed by atoms with Gasteiger partial charge in [0, 0.05) is 5.38 Å². The molecule has 0 aliphatic carbocycles. The normalized spacial score (nSPS) is 13.2. The predicted octanol–water partition coefficient (Wildman–Crippen LogP) is 3.78. The molecule has 1 aromatic rings. The smallest absolute Gasteiger partial charge is 0.0717 e. The lowest BCUT2D eigenvalue weighted by molar-refractivity contribution is 0.125. The summed E-state index contributed by atoms with van der Waals surface area (Å²) in [6.45, 7) is 3.38. The molecule has 0 bridgehead atoms.